The third-order valence-electron chi connectivity index (χ3n) is 4.45. The third kappa shape index (κ3) is 3.18. The van der Waals surface area contributed by atoms with Gasteiger partial charge in [-0.2, -0.15) is 0 Å². The second-order valence-corrected chi connectivity index (χ2v) is 7.28. The lowest BCUT2D eigenvalue weighted by molar-refractivity contribution is 0.155. The predicted octanol–water partition coefficient (Wildman–Crippen LogP) is 3.21. The van der Waals surface area contributed by atoms with Crippen molar-refractivity contribution in [2.75, 3.05) is 13.1 Å². The monoisotopic (exact) mass is 301 g/mol. The minimum Gasteiger partial charge on any atom is -0.319 e. The number of rotatable bonds is 3. The summed E-state index contributed by atoms with van der Waals surface area (Å²) in [6.45, 7) is 7.31. The van der Waals surface area contributed by atoms with Crippen molar-refractivity contribution < 1.29 is 0 Å². The molecule has 0 aliphatic carbocycles. The van der Waals surface area contributed by atoms with Crippen LogP contribution in [0.15, 0.2) is 30.3 Å². The molecule has 0 bridgehead atoms. The molecule has 0 spiro atoms. The van der Waals surface area contributed by atoms with E-state index in [0.29, 0.717) is 0 Å². The molecule has 21 heavy (non-hydrogen) atoms. The largest absolute Gasteiger partial charge is 0.319 e. The smallest absolute Gasteiger partial charge is 0.113 e. The lowest BCUT2D eigenvalue weighted by Gasteiger charge is -2.38. The molecule has 1 fully saturated rings. The molecule has 3 nitrogen and oxygen atoms in total. The number of piperidine rings is 1. The van der Waals surface area contributed by atoms with E-state index in [2.05, 4.69) is 54.1 Å². The number of aromatic nitrogens is 1. The number of hydrogen-bond donors (Lipinski definition) is 1. The van der Waals surface area contributed by atoms with E-state index >= 15 is 0 Å². The Labute approximate surface area is 130 Å². The molecule has 0 atom stereocenters. The van der Waals surface area contributed by atoms with Crippen molar-refractivity contribution >= 4 is 11.3 Å². The first-order chi connectivity index (χ1) is 10.1. The molecule has 0 radical (unpaired) electrons. The molecule has 4 heteroatoms. The van der Waals surface area contributed by atoms with E-state index in [1.165, 1.54) is 10.4 Å². The Bertz CT molecular complexity index is 578. The van der Waals surface area contributed by atoms with Gasteiger partial charge in [0, 0.05) is 24.5 Å². The highest BCUT2D eigenvalue weighted by atomic mass is 32.1. The molecule has 2 heterocycles. The molecular formula is C17H23N3S. The molecule has 0 saturated carbocycles. The standard InChI is InChI=1S/C17H23N3S/c1-13-14(2)21-16(19-13)17(18)8-10-20(11-9-17)12-15-6-4-3-5-7-15/h3-7H,8-12,18H2,1-2H3. The summed E-state index contributed by atoms with van der Waals surface area (Å²) in [6.07, 6.45) is 1.98. The van der Waals surface area contributed by atoms with E-state index in [1.54, 1.807) is 11.3 Å². The summed E-state index contributed by atoms with van der Waals surface area (Å²) >= 11 is 1.77. The summed E-state index contributed by atoms with van der Waals surface area (Å²) in [4.78, 5) is 8.48. The molecule has 1 aliphatic rings. The summed E-state index contributed by atoms with van der Waals surface area (Å²) < 4.78 is 0. The molecule has 1 aromatic heterocycles. The number of benzene rings is 1. The zero-order chi connectivity index (χ0) is 14.9. The second-order valence-electron chi connectivity index (χ2n) is 6.08. The summed E-state index contributed by atoms with van der Waals surface area (Å²) in [5.41, 5.74) is 8.92. The average molecular weight is 301 g/mol. The van der Waals surface area contributed by atoms with Crippen LogP contribution in [0.25, 0.3) is 0 Å². The predicted molar refractivity (Wildman–Crippen MR) is 88.4 cm³/mol. The minimum absolute atomic E-state index is 0.225. The molecule has 0 amide bonds. The molecule has 0 unspecified atom stereocenters. The van der Waals surface area contributed by atoms with Gasteiger partial charge in [0.15, 0.2) is 0 Å². The Morgan fingerprint density at radius 3 is 2.43 bits per heavy atom. The average Bonchev–Trinajstić information content (AvgIpc) is 2.83. The highest BCUT2D eigenvalue weighted by Crippen LogP contribution is 2.34. The second kappa shape index (κ2) is 5.87. The number of likely N-dealkylation sites (tertiary alicyclic amines) is 1. The van der Waals surface area contributed by atoms with E-state index in [4.69, 9.17) is 5.73 Å². The van der Waals surface area contributed by atoms with Crippen molar-refractivity contribution in [3.05, 3.63) is 51.5 Å². The number of nitrogens with two attached hydrogens (primary N) is 1. The van der Waals surface area contributed by atoms with E-state index in [9.17, 15) is 0 Å². The quantitative estimate of drug-likeness (QED) is 0.946. The molecule has 2 N–H and O–H groups in total. The van der Waals surface area contributed by atoms with Crippen LogP contribution in [0, 0.1) is 13.8 Å². The van der Waals surface area contributed by atoms with Gasteiger partial charge in [0.2, 0.25) is 0 Å². The highest BCUT2D eigenvalue weighted by molar-refractivity contribution is 7.11. The van der Waals surface area contributed by atoms with Crippen LogP contribution in [-0.4, -0.2) is 23.0 Å². The summed E-state index contributed by atoms with van der Waals surface area (Å²) in [5.74, 6) is 0. The summed E-state index contributed by atoms with van der Waals surface area (Å²) in [6, 6.07) is 10.7. The van der Waals surface area contributed by atoms with E-state index in [0.717, 1.165) is 43.2 Å². The molecule has 112 valence electrons. The fourth-order valence-corrected chi connectivity index (χ4v) is 3.92. The van der Waals surface area contributed by atoms with Gasteiger partial charge >= 0.3 is 0 Å². The van der Waals surface area contributed by atoms with Gasteiger partial charge in [0.1, 0.15) is 5.01 Å². The fourth-order valence-electron chi connectivity index (χ4n) is 2.85. The molecule has 1 aliphatic heterocycles. The fraction of sp³-hybridized carbons (Fsp3) is 0.471. The lowest BCUT2D eigenvalue weighted by Crippen LogP contribution is -2.47. The van der Waals surface area contributed by atoms with Gasteiger partial charge in [-0.15, -0.1) is 11.3 Å². The molecule has 2 aromatic rings. The molecule has 1 aromatic carbocycles. The Balaban J connectivity index is 1.64. The van der Waals surface area contributed by atoms with Gasteiger partial charge in [-0.05, 0) is 32.3 Å². The van der Waals surface area contributed by atoms with Crippen molar-refractivity contribution in [1.82, 2.24) is 9.88 Å². The SMILES string of the molecule is Cc1nc(C2(N)CCN(Cc3ccccc3)CC2)sc1C. The minimum atomic E-state index is -0.225. The zero-order valence-electron chi connectivity index (χ0n) is 12.8. The Morgan fingerprint density at radius 2 is 1.86 bits per heavy atom. The van der Waals surface area contributed by atoms with Crippen molar-refractivity contribution in [3.63, 3.8) is 0 Å². The normalized spacial score (nSPS) is 18.8. The Morgan fingerprint density at radius 1 is 1.19 bits per heavy atom. The van der Waals surface area contributed by atoms with Crippen molar-refractivity contribution in [2.24, 2.45) is 5.73 Å². The van der Waals surface area contributed by atoms with Crippen LogP contribution in [0.1, 0.15) is 34.0 Å². The maximum Gasteiger partial charge on any atom is 0.113 e. The van der Waals surface area contributed by atoms with Gasteiger partial charge in [-0.1, -0.05) is 30.3 Å². The molecule has 1 saturated heterocycles. The third-order valence-corrected chi connectivity index (χ3v) is 5.74. The van der Waals surface area contributed by atoms with Crippen molar-refractivity contribution in [3.8, 4) is 0 Å². The van der Waals surface area contributed by atoms with Crippen LogP contribution < -0.4 is 5.73 Å². The van der Waals surface area contributed by atoms with E-state index in [-0.39, 0.29) is 5.54 Å². The number of nitrogens with zero attached hydrogens (tertiary/aromatic N) is 2. The summed E-state index contributed by atoms with van der Waals surface area (Å²) in [7, 11) is 0. The first-order valence-electron chi connectivity index (χ1n) is 7.56. The zero-order valence-corrected chi connectivity index (χ0v) is 13.6. The maximum absolute atomic E-state index is 6.64. The molecular weight excluding hydrogens is 278 g/mol. The van der Waals surface area contributed by atoms with Crippen LogP contribution in [0.4, 0.5) is 0 Å². The van der Waals surface area contributed by atoms with Crippen LogP contribution in [0.5, 0.6) is 0 Å². The number of aryl methyl sites for hydroxylation is 2. The lowest BCUT2D eigenvalue weighted by atomic mass is 9.89. The molecule has 3 rings (SSSR count). The number of hydrogen-bond acceptors (Lipinski definition) is 4. The Hall–Kier alpha value is -1.23. The van der Waals surface area contributed by atoms with Crippen LogP contribution >= 0.6 is 11.3 Å². The van der Waals surface area contributed by atoms with Gasteiger partial charge in [0.25, 0.3) is 0 Å². The van der Waals surface area contributed by atoms with Crippen molar-refractivity contribution in [1.29, 1.82) is 0 Å². The van der Waals surface area contributed by atoms with E-state index in [1.807, 2.05) is 0 Å². The van der Waals surface area contributed by atoms with Gasteiger partial charge in [-0.25, -0.2) is 4.98 Å². The van der Waals surface area contributed by atoms with Gasteiger partial charge in [-0.3, -0.25) is 4.90 Å². The Kier molecular flexibility index (Phi) is 4.11. The van der Waals surface area contributed by atoms with Crippen LogP contribution in [-0.2, 0) is 12.1 Å². The van der Waals surface area contributed by atoms with Crippen molar-refractivity contribution in [2.45, 2.75) is 38.8 Å². The highest BCUT2D eigenvalue weighted by Gasteiger charge is 2.35. The van der Waals surface area contributed by atoms with Gasteiger partial charge < -0.3 is 5.73 Å². The first kappa shape index (κ1) is 14.7. The van der Waals surface area contributed by atoms with Gasteiger partial charge in [0.05, 0.1) is 11.2 Å². The summed E-state index contributed by atoms with van der Waals surface area (Å²) in [5, 5.41) is 1.12. The van der Waals surface area contributed by atoms with Crippen LogP contribution in [0.2, 0.25) is 0 Å². The van der Waals surface area contributed by atoms with Crippen LogP contribution in [0.3, 0.4) is 0 Å². The first-order valence-corrected chi connectivity index (χ1v) is 8.38. The topological polar surface area (TPSA) is 42.1 Å². The van der Waals surface area contributed by atoms with E-state index < -0.39 is 0 Å². The number of thiazole rings is 1. The maximum atomic E-state index is 6.64.